The smallest absolute Gasteiger partial charge is 0.323 e. The Morgan fingerprint density at radius 2 is 1.83 bits per heavy atom. The summed E-state index contributed by atoms with van der Waals surface area (Å²) in [6.07, 6.45) is 4.28. The molecular weight excluding hydrogens is 394 g/mol. The standard InChI is InChI=1S/C20H25N3O5S/c24-17(13-22-18(25)20(21-19(22)26)10-5-2-6-11-20)23(15-7-3-1-4-8-15)16-9-12-29(27,28)14-16/h1,3-4,7-8,16H,2,5-6,9-14H2,(H,21,26)/t16-/m1/s1. The van der Waals surface area contributed by atoms with E-state index in [1.54, 1.807) is 24.3 Å². The first-order valence-corrected chi connectivity index (χ1v) is 11.9. The number of para-hydroxylation sites is 1. The lowest BCUT2D eigenvalue weighted by atomic mass is 9.82. The molecule has 1 aliphatic carbocycles. The second-order valence-corrected chi connectivity index (χ2v) is 10.3. The largest absolute Gasteiger partial charge is 0.325 e. The van der Waals surface area contributed by atoms with Crippen molar-refractivity contribution in [3.8, 4) is 0 Å². The minimum Gasteiger partial charge on any atom is -0.323 e. The average Bonchev–Trinajstić information content (AvgIpc) is 3.15. The van der Waals surface area contributed by atoms with E-state index in [9.17, 15) is 22.8 Å². The molecule has 0 radical (unpaired) electrons. The quantitative estimate of drug-likeness (QED) is 0.744. The molecule has 2 heterocycles. The molecule has 3 fully saturated rings. The van der Waals surface area contributed by atoms with Crippen molar-refractivity contribution in [2.75, 3.05) is 23.0 Å². The van der Waals surface area contributed by atoms with Crippen molar-refractivity contribution in [1.29, 1.82) is 0 Å². The maximum absolute atomic E-state index is 13.2. The molecule has 4 amide bonds. The zero-order chi connectivity index (χ0) is 20.6. The molecule has 0 bridgehead atoms. The summed E-state index contributed by atoms with van der Waals surface area (Å²) in [6.45, 7) is -0.391. The van der Waals surface area contributed by atoms with Gasteiger partial charge >= 0.3 is 6.03 Å². The third-order valence-corrected chi connectivity index (χ3v) is 7.87. The van der Waals surface area contributed by atoms with Gasteiger partial charge in [-0.1, -0.05) is 37.5 Å². The first-order chi connectivity index (χ1) is 13.8. The highest BCUT2D eigenvalue weighted by atomic mass is 32.2. The molecule has 156 valence electrons. The van der Waals surface area contributed by atoms with E-state index in [2.05, 4.69) is 5.32 Å². The van der Waals surface area contributed by atoms with E-state index in [1.807, 2.05) is 6.07 Å². The monoisotopic (exact) mass is 419 g/mol. The van der Waals surface area contributed by atoms with Crippen LogP contribution in [0.5, 0.6) is 0 Å². The van der Waals surface area contributed by atoms with Gasteiger partial charge in [-0.05, 0) is 31.4 Å². The van der Waals surface area contributed by atoms with Crippen LogP contribution in [0.3, 0.4) is 0 Å². The van der Waals surface area contributed by atoms with Crippen LogP contribution < -0.4 is 10.2 Å². The number of nitrogens with one attached hydrogen (secondary N) is 1. The number of sulfone groups is 1. The number of urea groups is 1. The van der Waals surface area contributed by atoms with Crippen molar-refractivity contribution in [3.63, 3.8) is 0 Å². The van der Waals surface area contributed by atoms with Gasteiger partial charge in [-0.3, -0.25) is 14.5 Å². The number of imide groups is 1. The van der Waals surface area contributed by atoms with E-state index >= 15 is 0 Å². The molecule has 1 saturated carbocycles. The summed E-state index contributed by atoms with van der Waals surface area (Å²) >= 11 is 0. The summed E-state index contributed by atoms with van der Waals surface area (Å²) in [5.41, 5.74) is -0.316. The molecule has 9 heteroatoms. The van der Waals surface area contributed by atoms with Crippen LogP contribution in [0.1, 0.15) is 38.5 Å². The van der Waals surface area contributed by atoms with E-state index in [1.165, 1.54) is 4.90 Å². The van der Waals surface area contributed by atoms with Gasteiger partial charge in [0.1, 0.15) is 12.1 Å². The van der Waals surface area contributed by atoms with Gasteiger partial charge in [-0.25, -0.2) is 13.2 Å². The number of amides is 4. The van der Waals surface area contributed by atoms with Gasteiger partial charge in [0.05, 0.1) is 17.5 Å². The maximum atomic E-state index is 13.2. The second kappa shape index (κ2) is 7.44. The Balaban J connectivity index is 1.57. The number of nitrogens with zero attached hydrogens (tertiary/aromatic N) is 2. The molecule has 1 atom stereocenters. The molecule has 8 nitrogen and oxygen atoms in total. The molecule has 2 aliphatic heterocycles. The first kappa shape index (κ1) is 19.9. The minimum absolute atomic E-state index is 0.0283. The number of hydrogen-bond donors (Lipinski definition) is 1. The van der Waals surface area contributed by atoms with Gasteiger partial charge in [-0.2, -0.15) is 0 Å². The summed E-state index contributed by atoms with van der Waals surface area (Å²) in [6, 6.07) is 7.76. The highest BCUT2D eigenvalue weighted by Crippen LogP contribution is 2.34. The number of hydrogen-bond acceptors (Lipinski definition) is 5. The molecule has 0 aromatic heterocycles. The molecule has 29 heavy (non-hydrogen) atoms. The van der Waals surface area contributed by atoms with Gasteiger partial charge in [0.25, 0.3) is 5.91 Å². The van der Waals surface area contributed by atoms with Crippen LogP contribution in [0.15, 0.2) is 30.3 Å². The molecule has 4 rings (SSSR count). The van der Waals surface area contributed by atoms with Crippen LogP contribution in [0.25, 0.3) is 0 Å². The molecule has 3 aliphatic rings. The fraction of sp³-hybridized carbons (Fsp3) is 0.550. The van der Waals surface area contributed by atoms with Gasteiger partial charge < -0.3 is 10.2 Å². The summed E-state index contributed by atoms with van der Waals surface area (Å²) in [5, 5.41) is 2.81. The molecular formula is C20H25N3O5S. The molecule has 2 saturated heterocycles. The second-order valence-electron chi connectivity index (χ2n) is 8.12. The molecule has 1 N–H and O–H groups in total. The zero-order valence-corrected chi connectivity index (χ0v) is 17.0. The molecule has 1 aromatic carbocycles. The van der Waals surface area contributed by atoms with E-state index in [-0.39, 0.29) is 17.4 Å². The van der Waals surface area contributed by atoms with E-state index < -0.39 is 39.9 Å². The average molecular weight is 420 g/mol. The van der Waals surface area contributed by atoms with Crippen LogP contribution in [-0.4, -0.2) is 60.8 Å². The topological polar surface area (TPSA) is 104 Å². The van der Waals surface area contributed by atoms with Crippen LogP contribution in [0.2, 0.25) is 0 Å². The number of rotatable bonds is 4. The van der Waals surface area contributed by atoms with Crippen molar-refractivity contribution in [2.45, 2.75) is 50.1 Å². The number of carbonyl (C=O) groups is 3. The fourth-order valence-corrected chi connectivity index (χ4v) is 6.35. The highest BCUT2D eigenvalue weighted by molar-refractivity contribution is 7.91. The van der Waals surface area contributed by atoms with Crippen LogP contribution in [0, 0.1) is 0 Å². The van der Waals surface area contributed by atoms with Crippen LogP contribution in [-0.2, 0) is 19.4 Å². The van der Waals surface area contributed by atoms with E-state index in [0.29, 0.717) is 24.9 Å². The van der Waals surface area contributed by atoms with Crippen molar-refractivity contribution >= 4 is 33.4 Å². The van der Waals surface area contributed by atoms with Gasteiger partial charge in [0.2, 0.25) is 5.91 Å². The van der Waals surface area contributed by atoms with Crippen LogP contribution in [0.4, 0.5) is 10.5 Å². The zero-order valence-electron chi connectivity index (χ0n) is 16.2. The van der Waals surface area contributed by atoms with Crippen molar-refractivity contribution in [1.82, 2.24) is 10.2 Å². The van der Waals surface area contributed by atoms with E-state index in [0.717, 1.165) is 24.2 Å². The number of anilines is 1. The summed E-state index contributed by atoms with van der Waals surface area (Å²) in [7, 11) is -3.21. The number of carbonyl (C=O) groups excluding carboxylic acids is 3. The Morgan fingerprint density at radius 3 is 2.45 bits per heavy atom. The van der Waals surface area contributed by atoms with Crippen molar-refractivity contribution in [3.05, 3.63) is 30.3 Å². The summed E-state index contributed by atoms with van der Waals surface area (Å²) in [4.78, 5) is 41.1. The van der Waals surface area contributed by atoms with Crippen molar-refractivity contribution < 1.29 is 22.8 Å². The van der Waals surface area contributed by atoms with E-state index in [4.69, 9.17) is 0 Å². The van der Waals surface area contributed by atoms with Gasteiger partial charge in [0, 0.05) is 5.69 Å². The Kier molecular flexibility index (Phi) is 5.10. The Hall–Kier alpha value is -2.42. The number of benzene rings is 1. The highest BCUT2D eigenvalue weighted by Gasteiger charge is 2.52. The Labute approximate surface area is 170 Å². The lowest BCUT2D eigenvalue weighted by Crippen LogP contribution is -2.50. The predicted molar refractivity (Wildman–Crippen MR) is 107 cm³/mol. The summed E-state index contributed by atoms with van der Waals surface area (Å²) < 4.78 is 24.0. The normalized spacial score (nSPS) is 25.2. The Morgan fingerprint density at radius 1 is 1.14 bits per heavy atom. The lowest BCUT2D eigenvalue weighted by Gasteiger charge is -2.31. The first-order valence-electron chi connectivity index (χ1n) is 10.0. The SMILES string of the molecule is O=C1NC2(CCCCC2)C(=O)N1CC(=O)N(c1ccccc1)[C@@H]1CCS(=O)(=O)C1. The predicted octanol–water partition coefficient (Wildman–Crippen LogP) is 1.46. The molecule has 0 unspecified atom stereocenters. The third kappa shape index (κ3) is 3.75. The van der Waals surface area contributed by atoms with Gasteiger partial charge in [0.15, 0.2) is 9.84 Å². The molecule has 1 aromatic rings. The Bertz CT molecular complexity index is 925. The maximum Gasteiger partial charge on any atom is 0.325 e. The van der Waals surface area contributed by atoms with Gasteiger partial charge in [-0.15, -0.1) is 0 Å². The minimum atomic E-state index is -3.21. The fourth-order valence-electron chi connectivity index (χ4n) is 4.65. The van der Waals surface area contributed by atoms with Crippen molar-refractivity contribution in [2.24, 2.45) is 0 Å². The molecule has 1 spiro atoms. The third-order valence-electron chi connectivity index (χ3n) is 6.12. The lowest BCUT2D eigenvalue weighted by molar-refractivity contribution is -0.135. The summed E-state index contributed by atoms with van der Waals surface area (Å²) in [5.74, 6) is -0.879. The van der Waals surface area contributed by atoms with Crippen LogP contribution >= 0.6 is 0 Å².